The highest BCUT2D eigenvalue weighted by Gasteiger charge is 2.17. The molecule has 21 heavy (non-hydrogen) atoms. The molecule has 120 valence electrons. The van der Waals surface area contributed by atoms with Gasteiger partial charge < -0.3 is 10.6 Å². The maximum Gasteiger partial charge on any atom is 0.128 e. The highest BCUT2D eigenvalue weighted by Crippen LogP contribution is 2.26. The molecule has 0 spiro atoms. The Labute approximate surface area is 129 Å². The van der Waals surface area contributed by atoms with Crippen molar-refractivity contribution in [1.29, 1.82) is 0 Å². The van der Waals surface area contributed by atoms with Crippen molar-refractivity contribution in [2.75, 3.05) is 18.0 Å². The van der Waals surface area contributed by atoms with Crippen LogP contribution in [0.4, 0.5) is 10.1 Å². The molecule has 3 heteroatoms. The SMILES string of the molecule is CCC(N)Cc1c(F)cccc1N(CC)CC(CC)CC. The van der Waals surface area contributed by atoms with Crippen LogP contribution >= 0.6 is 0 Å². The van der Waals surface area contributed by atoms with Gasteiger partial charge in [0.25, 0.3) is 0 Å². The number of hydrogen-bond donors (Lipinski definition) is 1. The van der Waals surface area contributed by atoms with E-state index in [4.69, 9.17) is 5.73 Å². The van der Waals surface area contributed by atoms with Crippen molar-refractivity contribution in [3.8, 4) is 0 Å². The summed E-state index contributed by atoms with van der Waals surface area (Å²) in [6, 6.07) is 5.41. The van der Waals surface area contributed by atoms with Crippen LogP contribution in [0.5, 0.6) is 0 Å². The van der Waals surface area contributed by atoms with E-state index in [0.717, 1.165) is 43.6 Å². The van der Waals surface area contributed by atoms with Gasteiger partial charge in [-0.3, -0.25) is 0 Å². The Morgan fingerprint density at radius 2 is 1.76 bits per heavy atom. The highest BCUT2D eigenvalue weighted by molar-refractivity contribution is 5.54. The molecule has 0 radical (unpaired) electrons. The molecule has 0 bridgehead atoms. The molecule has 0 heterocycles. The van der Waals surface area contributed by atoms with Gasteiger partial charge in [0.1, 0.15) is 5.82 Å². The normalized spacial score (nSPS) is 12.7. The molecule has 2 nitrogen and oxygen atoms in total. The van der Waals surface area contributed by atoms with Crippen LogP contribution in [0.25, 0.3) is 0 Å². The van der Waals surface area contributed by atoms with E-state index in [1.807, 2.05) is 13.0 Å². The molecule has 0 aliphatic heterocycles. The second kappa shape index (κ2) is 9.04. The van der Waals surface area contributed by atoms with Crippen molar-refractivity contribution < 1.29 is 4.39 Å². The topological polar surface area (TPSA) is 29.3 Å². The lowest BCUT2D eigenvalue weighted by molar-refractivity contribution is 0.484. The number of hydrogen-bond acceptors (Lipinski definition) is 2. The van der Waals surface area contributed by atoms with Gasteiger partial charge in [0, 0.05) is 30.4 Å². The van der Waals surface area contributed by atoms with Crippen LogP contribution in [0.1, 0.15) is 52.5 Å². The zero-order valence-corrected chi connectivity index (χ0v) is 14.0. The number of halogens is 1. The molecule has 1 aromatic rings. The maximum absolute atomic E-state index is 14.3. The second-order valence-electron chi connectivity index (χ2n) is 5.83. The molecule has 0 amide bonds. The fourth-order valence-electron chi connectivity index (χ4n) is 2.71. The molecule has 0 saturated carbocycles. The third kappa shape index (κ3) is 4.99. The zero-order chi connectivity index (χ0) is 15.8. The summed E-state index contributed by atoms with van der Waals surface area (Å²) >= 11 is 0. The minimum absolute atomic E-state index is 0.0208. The highest BCUT2D eigenvalue weighted by atomic mass is 19.1. The van der Waals surface area contributed by atoms with E-state index in [-0.39, 0.29) is 11.9 Å². The van der Waals surface area contributed by atoms with Gasteiger partial charge in [-0.25, -0.2) is 4.39 Å². The first-order chi connectivity index (χ1) is 10.1. The van der Waals surface area contributed by atoms with Crippen molar-refractivity contribution in [3.05, 3.63) is 29.6 Å². The van der Waals surface area contributed by atoms with Crippen LogP contribution in [-0.2, 0) is 6.42 Å². The van der Waals surface area contributed by atoms with E-state index >= 15 is 0 Å². The predicted octanol–water partition coefficient (Wildman–Crippen LogP) is 4.37. The number of nitrogens with zero attached hydrogens (tertiary/aromatic N) is 1. The third-order valence-corrected chi connectivity index (χ3v) is 4.44. The van der Waals surface area contributed by atoms with Crippen LogP contribution in [0.15, 0.2) is 18.2 Å². The van der Waals surface area contributed by atoms with Crippen LogP contribution in [0, 0.1) is 11.7 Å². The fraction of sp³-hybridized carbons (Fsp3) is 0.667. The summed E-state index contributed by atoms with van der Waals surface area (Å²) in [6.45, 7) is 10.5. The number of rotatable bonds is 9. The first-order valence-electron chi connectivity index (χ1n) is 8.35. The quantitative estimate of drug-likeness (QED) is 0.733. The summed E-state index contributed by atoms with van der Waals surface area (Å²) in [7, 11) is 0. The Kier molecular flexibility index (Phi) is 7.73. The van der Waals surface area contributed by atoms with E-state index in [1.165, 1.54) is 0 Å². The minimum Gasteiger partial charge on any atom is -0.371 e. The lowest BCUT2D eigenvalue weighted by Gasteiger charge is -2.30. The average Bonchev–Trinajstić information content (AvgIpc) is 2.51. The molecule has 1 aromatic carbocycles. The van der Waals surface area contributed by atoms with Gasteiger partial charge in [-0.1, -0.05) is 39.7 Å². The maximum atomic E-state index is 14.3. The lowest BCUT2D eigenvalue weighted by atomic mass is 9.99. The number of anilines is 1. The molecular formula is C18H31FN2. The van der Waals surface area contributed by atoms with E-state index < -0.39 is 0 Å². The Morgan fingerprint density at radius 3 is 2.29 bits per heavy atom. The smallest absolute Gasteiger partial charge is 0.128 e. The van der Waals surface area contributed by atoms with Gasteiger partial charge in [-0.2, -0.15) is 0 Å². The van der Waals surface area contributed by atoms with Crippen LogP contribution in [-0.4, -0.2) is 19.1 Å². The summed E-state index contributed by atoms with van der Waals surface area (Å²) in [5.74, 6) is 0.528. The third-order valence-electron chi connectivity index (χ3n) is 4.44. The van der Waals surface area contributed by atoms with E-state index in [0.29, 0.717) is 12.3 Å². The molecule has 2 N–H and O–H groups in total. The zero-order valence-electron chi connectivity index (χ0n) is 14.0. The van der Waals surface area contributed by atoms with Gasteiger partial charge in [0.15, 0.2) is 0 Å². The van der Waals surface area contributed by atoms with Gasteiger partial charge in [0.2, 0.25) is 0 Å². The van der Waals surface area contributed by atoms with Crippen molar-refractivity contribution in [2.24, 2.45) is 11.7 Å². The van der Waals surface area contributed by atoms with Crippen molar-refractivity contribution in [2.45, 2.75) is 59.4 Å². The van der Waals surface area contributed by atoms with Gasteiger partial charge in [-0.05, 0) is 37.8 Å². The van der Waals surface area contributed by atoms with E-state index in [2.05, 4.69) is 25.7 Å². The molecule has 0 aliphatic carbocycles. The van der Waals surface area contributed by atoms with Crippen molar-refractivity contribution in [3.63, 3.8) is 0 Å². The predicted molar refractivity (Wildman–Crippen MR) is 90.3 cm³/mol. The minimum atomic E-state index is -0.126. The van der Waals surface area contributed by atoms with Crippen LogP contribution in [0.2, 0.25) is 0 Å². The van der Waals surface area contributed by atoms with Crippen LogP contribution in [0.3, 0.4) is 0 Å². The fourth-order valence-corrected chi connectivity index (χ4v) is 2.71. The van der Waals surface area contributed by atoms with Crippen molar-refractivity contribution in [1.82, 2.24) is 0 Å². The molecular weight excluding hydrogens is 263 g/mol. The van der Waals surface area contributed by atoms with Gasteiger partial charge in [0.05, 0.1) is 0 Å². The molecule has 1 atom stereocenters. The second-order valence-corrected chi connectivity index (χ2v) is 5.83. The largest absolute Gasteiger partial charge is 0.371 e. The molecule has 0 aliphatic rings. The molecule has 1 unspecified atom stereocenters. The summed E-state index contributed by atoms with van der Waals surface area (Å²) < 4.78 is 14.3. The van der Waals surface area contributed by atoms with E-state index in [1.54, 1.807) is 12.1 Å². The molecule has 0 aromatic heterocycles. The summed E-state index contributed by atoms with van der Waals surface area (Å²) in [6.07, 6.45) is 3.79. The van der Waals surface area contributed by atoms with Gasteiger partial charge >= 0.3 is 0 Å². The standard InChI is InChI=1S/C18H31FN2/c1-5-14(6-2)13-21(8-4)18-11-9-10-17(19)16(18)12-15(20)7-3/h9-11,14-15H,5-8,12-13,20H2,1-4H3. The van der Waals surface area contributed by atoms with Crippen LogP contribution < -0.4 is 10.6 Å². The van der Waals surface area contributed by atoms with E-state index in [9.17, 15) is 4.39 Å². The summed E-state index contributed by atoms with van der Waals surface area (Å²) in [4.78, 5) is 2.30. The van der Waals surface area contributed by atoms with Crippen molar-refractivity contribution >= 4 is 5.69 Å². The Balaban J connectivity index is 3.05. The molecule has 0 saturated heterocycles. The summed E-state index contributed by atoms with van der Waals surface area (Å²) in [5, 5.41) is 0. The Bertz CT molecular complexity index is 416. The average molecular weight is 294 g/mol. The Hall–Kier alpha value is -1.09. The van der Waals surface area contributed by atoms with Gasteiger partial charge in [-0.15, -0.1) is 0 Å². The first kappa shape index (κ1) is 18.0. The molecule has 1 rings (SSSR count). The Morgan fingerprint density at radius 1 is 1.10 bits per heavy atom. The molecule has 0 fully saturated rings. The lowest BCUT2D eigenvalue weighted by Crippen LogP contribution is -2.31. The summed E-state index contributed by atoms with van der Waals surface area (Å²) in [5.41, 5.74) is 7.85. The number of nitrogens with two attached hydrogens (primary N) is 1. The first-order valence-corrected chi connectivity index (χ1v) is 8.35. The number of benzene rings is 1. The monoisotopic (exact) mass is 294 g/mol.